The Hall–Kier alpha value is -1.65. The zero-order chi connectivity index (χ0) is 16.5. The minimum atomic E-state index is 0.0448. The molecule has 0 spiro atoms. The second-order valence-corrected chi connectivity index (χ2v) is 6.35. The fourth-order valence-corrected chi connectivity index (χ4v) is 2.49. The van der Waals surface area contributed by atoms with Crippen molar-refractivity contribution in [3.63, 3.8) is 0 Å². The van der Waals surface area contributed by atoms with Crippen molar-refractivity contribution >= 4 is 21.8 Å². The summed E-state index contributed by atoms with van der Waals surface area (Å²) in [5.74, 6) is 0.0448. The first-order chi connectivity index (χ1) is 11.1. The van der Waals surface area contributed by atoms with Crippen LogP contribution in [0, 0.1) is 0 Å². The predicted octanol–water partition coefficient (Wildman–Crippen LogP) is 4.28. The molecular formula is C19H22BrNO2. The van der Waals surface area contributed by atoms with Gasteiger partial charge in [-0.3, -0.25) is 4.79 Å². The minimum absolute atomic E-state index is 0.0448. The van der Waals surface area contributed by atoms with Gasteiger partial charge in [0.15, 0.2) is 0 Å². The van der Waals surface area contributed by atoms with Gasteiger partial charge in [-0.25, -0.2) is 0 Å². The van der Waals surface area contributed by atoms with Crippen LogP contribution < -0.4 is 5.32 Å². The average molecular weight is 376 g/mol. The van der Waals surface area contributed by atoms with Crippen LogP contribution in [0.2, 0.25) is 0 Å². The van der Waals surface area contributed by atoms with Crippen LogP contribution in [0.5, 0.6) is 0 Å². The van der Waals surface area contributed by atoms with E-state index in [1.807, 2.05) is 49.4 Å². The van der Waals surface area contributed by atoms with Crippen molar-refractivity contribution in [2.75, 3.05) is 13.2 Å². The Balaban J connectivity index is 1.60. The number of ether oxygens (including phenoxy) is 1. The van der Waals surface area contributed by atoms with Crippen LogP contribution >= 0.6 is 15.9 Å². The molecule has 0 fully saturated rings. The number of carbonyl (C=O) groups excluding carboxylic acids is 1. The van der Waals surface area contributed by atoms with Crippen molar-refractivity contribution in [1.29, 1.82) is 0 Å². The lowest BCUT2D eigenvalue weighted by Crippen LogP contribution is -2.26. The van der Waals surface area contributed by atoms with E-state index in [9.17, 15) is 4.79 Å². The van der Waals surface area contributed by atoms with Gasteiger partial charge in [0.05, 0.1) is 12.5 Å². The highest BCUT2D eigenvalue weighted by molar-refractivity contribution is 9.10. The SMILES string of the molecule is C[C@@H](OCCCNC(=O)Cc1ccc(Br)cc1)c1ccccc1. The minimum Gasteiger partial charge on any atom is -0.374 e. The van der Waals surface area contributed by atoms with E-state index in [0.29, 0.717) is 19.6 Å². The van der Waals surface area contributed by atoms with E-state index in [4.69, 9.17) is 4.74 Å². The Morgan fingerprint density at radius 3 is 2.52 bits per heavy atom. The van der Waals surface area contributed by atoms with Gasteiger partial charge < -0.3 is 10.1 Å². The van der Waals surface area contributed by atoms with Crippen molar-refractivity contribution in [2.45, 2.75) is 25.9 Å². The molecule has 0 unspecified atom stereocenters. The molecule has 2 rings (SSSR count). The molecule has 1 N–H and O–H groups in total. The highest BCUT2D eigenvalue weighted by Crippen LogP contribution is 2.15. The van der Waals surface area contributed by atoms with Crippen LogP contribution in [0.25, 0.3) is 0 Å². The topological polar surface area (TPSA) is 38.3 Å². The molecule has 1 atom stereocenters. The fraction of sp³-hybridized carbons (Fsp3) is 0.316. The maximum Gasteiger partial charge on any atom is 0.224 e. The Morgan fingerprint density at radius 1 is 1.13 bits per heavy atom. The quantitative estimate of drug-likeness (QED) is 0.699. The molecule has 4 heteroatoms. The molecule has 0 radical (unpaired) electrons. The number of amides is 1. The number of hydrogen-bond acceptors (Lipinski definition) is 2. The third kappa shape index (κ3) is 6.55. The first-order valence-electron chi connectivity index (χ1n) is 7.83. The highest BCUT2D eigenvalue weighted by atomic mass is 79.9. The van der Waals surface area contributed by atoms with Crippen LogP contribution in [0.4, 0.5) is 0 Å². The van der Waals surface area contributed by atoms with Gasteiger partial charge in [0.1, 0.15) is 0 Å². The van der Waals surface area contributed by atoms with E-state index >= 15 is 0 Å². The van der Waals surface area contributed by atoms with Crippen LogP contribution in [-0.4, -0.2) is 19.1 Å². The molecule has 0 aliphatic rings. The molecule has 0 bridgehead atoms. The summed E-state index contributed by atoms with van der Waals surface area (Å²) in [5, 5.41) is 2.93. The summed E-state index contributed by atoms with van der Waals surface area (Å²) in [6, 6.07) is 17.9. The van der Waals surface area contributed by atoms with Gasteiger partial charge in [-0.15, -0.1) is 0 Å². The maximum absolute atomic E-state index is 11.9. The lowest BCUT2D eigenvalue weighted by atomic mass is 10.1. The standard InChI is InChI=1S/C19H22BrNO2/c1-15(17-6-3-2-4-7-17)23-13-5-12-21-19(22)14-16-8-10-18(20)11-9-16/h2-4,6-11,15H,5,12-14H2,1H3,(H,21,22)/t15-/m1/s1. The second kappa shape index (κ2) is 9.48. The monoisotopic (exact) mass is 375 g/mol. The van der Waals surface area contributed by atoms with Crippen LogP contribution in [0.3, 0.4) is 0 Å². The fourth-order valence-electron chi connectivity index (χ4n) is 2.23. The third-order valence-electron chi connectivity index (χ3n) is 3.56. The zero-order valence-corrected chi connectivity index (χ0v) is 14.9. The molecule has 0 saturated heterocycles. The van der Waals surface area contributed by atoms with Gasteiger partial charge in [-0.1, -0.05) is 58.4 Å². The number of rotatable bonds is 8. The van der Waals surface area contributed by atoms with Crippen molar-refractivity contribution in [2.24, 2.45) is 0 Å². The van der Waals surface area contributed by atoms with Crippen molar-refractivity contribution in [1.82, 2.24) is 5.32 Å². The number of halogens is 1. The van der Waals surface area contributed by atoms with Gasteiger partial charge in [0, 0.05) is 17.6 Å². The van der Waals surface area contributed by atoms with Crippen molar-refractivity contribution in [3.05, 3.63) is 70.2 Å². The first kappa shape index (κ1) is 17.7. The molecule has 0 aliphatic carbocycles. The summed E-state index contributed by atoms with van der Waals surface area (Å²) in [7, 11) is 0. The number of nitrogens with one attached hydrogen (secondary N) is 1. The molecule has 3 nitrogen and oxygen atoms in total. The summed E-state index contributed by atoms with van der Waals surface area (Å²) >= 11 is 3.38. The molecule has 0 heterocycles. The molecule has 2 aromatic carbocycles. The smallest absolute Gasteiger partial charge is 0.224 e. The maximum atomic E-state index is 11.9. The van der Waals surface area contributed by atoms with Gasteiger partial charge in [-0.05, 0) is 36.6 Å². The molecule has 2 aromatic rings. The highest BCUT2D eigenvalue weighted by Gasteiger charge is 2.05. The molecule has 0 aromatic heterocycles. The van der Waals surface area contributed by atoms with Crippen molar-refractivity contribution in [3.8, 4) is 0 Å². The Labute approximate surface area is 146 Å². The number of hydrogen-bond donors (Lipinski definition) is 1. The van der Waals surface area contributed by atoms with Crippen molar-refractivity contribution < 1.29 is 9.53 Å². The van der Waals surface area contributed by atoms with E-state index < -0.39 is 0 Å². The summed E-state index contributed by atoms with van der Waals surface area (Å²) < 4.78 is 6.80. The summed E-state index contributed by atoms with van der Waals surface area (Å²) in [5.41, 5.74) is 2.19. The van der Waals surface area contributed by atoms with Gasteiger partial charge >= 0.3 is 0 Å². The Kier molecular flexibility index (Phi) is 7.30. The molecule has 122 valence electrons. The number of benzene rings is 2. The summed E-state index contributed by atoms with van der Waals surface area (Å²) in [6.45, 7) is 3.31. The summed E-state index contributed by atoms with van der Waals surface area (Å²) in [6.07, 6.45) is 1.30. The Bertz CT molecular complexity index is 599. The van der Waals surface area contributed by atoms with E-state index in [0.717, 1.165) is 16.5 Å². The van der Waals surface area contributed by atoms with Gasteiger partial charge in [0.25, 0.3) is 0 Å². The van der Waals surface area contributed by atoms with Crippen LogP contribution in [0.15, 0.2) is 59.1 Å². The molecular weight excluding hydrogens is 354 g/mol. The third-order valence-corrected chi connectivity index (χ3v) is 4.09. The molecule has 0 saturated carbocycles. The lowest BCUT2D eigenvalue weighted by Gasteiger charge is -2.13. The average Bonchev–Trinajstić information content (AvgIpc) is 2.57. The number of carbonyl (C=O) groups is 1. The van der Waals surface area contributed by atoms with E-state index in [1.54, 1.807) is 0 Å². The van der Waals surface area contributed by atoms with Gasteiger partial charge in [-0.2, -0.15) is 0 Å². The zero-order valence-electron chi connectivity index (χ0n) is 13.3. The van der Waals surface area contributed by atoms with E-state index in [2.05, 4.69) is 33.4 Å². The Morgan fingerprint density at radius 2 is 1.83 bits per heavy atom. The largest absolute Gasteiger partial charge is 0.374 e. The molecule has 1 amide bonds. The lowest BCUT2D eigenvalue weighted by molar-refractivity contribution is -0.120. The normalized spacial score (nSPS) is 11.9. The first-order valence-corrected chi connectivity index (χ1v) is 8.62. The van der Waals surface area contributed by atoms with E-state index in [1.165, 1.54) is 5.56 Å². The molecule has 0 aliphatic heterocycles. The second-order valence-electron chi connectivity index (χ2n) is 5.43. The van der Waals surface area contributed by atoms with Crippen LogP contribution in [0.1, 0.15) is 30.6 Å². The summed E-state index contributed by atoms with van der Waals surface area (Å²) in [4.78, 5) is 11.9. The van der Waals surface area contributed by atoms with Gasteiger partial charge in [0.2, 0.25) is 5.91 Å². The predicted molar refractivity (Wildman–Crippen MR) is 96.3 cm³/mol. The van der Waals surface area contributed by atoms with E-state index in [-0.39, 0.29) is 12.0 Å². The molecule has 23 heavy (non-hydrogen) atoms. The van der Waals surface area contributed by atoms with Crippen LogP contribution in [-0.2, 0) is 16.0 Å².